The molecule has 0 saturated carbocycles. The van der Waals surface area contributed by atoms with Crippen molar-refractivity contribution in [2.75, 3.05) is 13.2 Å². The topological polar surface area (TPSA) is 80.8 Å². The van der Waals surface area contributed by atoms with Gasteiger partial charge in [0.15, 0.2) is 5.78 Å². The highest BCUT2D eigenvalue weighted by Gasteiger charge is 2.42. The number of amides is 2. The van der Waals surface area contributed by atoms with E-state index >= 15 is 0 Å². The van der Waals surface area contributed by atoms with Crippen LogP contribution >= 0.6 is 0 Å². The van der Waals surface area contributed by atoms with Crippen LogP contribution in [0.2, 0.25) is 0 Å². The van der Waals surface area contributed by atoms with Crippen LogP contribution in [0, 0.1) is 11.3 Å². The number of carbonyl (C=O) groups excluding carboxylic acids is 4. The van der Waals surface area contributed by atoms with Crippen molar-refractivity contribution in [3.05, 3.63) is 0 Å². The third kappa shape index (κ3) is 3.00. The minimum absolute atomic E-state index is 0.117. The molecule has 0 spiro atoms. The Hall–Kier alpha value is -1.72. The Bertz CT molecular complexity index is 427. The molecule has 0 aromatic carbocycles. The number of ether oxygens (including phenoxy) is 1. The number of nitrogens with zero attached hydrogens (tertiary/aromatic N) is 1. The first kappa shape index (κ1) is 15.3. The maximum atomic E-state index is 12.1. The summed E-state index contributed by atoms with van der Waals surface area (Å²) in [6.07, 6.45) is 0.117. The quantitative estimate of drug-likeness (QED) is 0.413. The summed E-state index contributed by atoms with van der Waals surface area (Å²) in [5, 5.41) is 0. The SMILES string of the molecule is CCOC(=O)C(C)(C)C(=O)CN1C(=O)CC(C)C1=O. The Labute approximate surface area is 112 Å². The van der Waals surface area contributed by atoms with Gasteiger partial charge in [-0.05, 0) is 20.8 Å². The van der Waals surface area contributed by atoms with Gasteiger partial charge in [0, 0.05) is 12.3 Å². The highest BCUT2D eigenvalue weighted by Crippen LogP contribution is 2.23. The fourth-order valence-corrected chi connectivity index (χ4v) is 1.78. The van der Waals surface area contributed by atoms with Crippen molar-refractivity contribution >= 4 is 23.6 Å². The molecule has 6 nitrogen and oxygen atoms in total. The molecule has 1 fully saturated rings. The van der Waals surface area contributed by atoms with E-state index in [0.717, 1.165) is 4.90 Å². The predicted octanol–water partition coefficient (Wildman–Crippen LogP) is 0.540. The third-order valence-electron chi connectivity index (χ3n) is 3.25. The van der Waals surface area contributed by atoms with E-state index in [0.29, 0.717) is 0 Å². The zero-order valence-corrected chi connectivity index (χ0v) is 11.7. The Morgan fingerprint density at radius 1 is 1.37 bits per heavy atom. The van der Waals surface area contributed by atoms with Crippen LogP contribution < -0.4 is 0 Å². The molecule has 1 aliphatic rings. The number of esters is 1. The first-order valence-corrected chi connectivity index (χ1v) is 6.26. The average molecular weight is 269 g/mol. The maximum Gasteiger partial charge on any atom is 0.319 e. The van der Waals surface area contributed by atoms with E-state index in [1.165, 1.54) is 13.8 Å². The van der Waals surface area contributed by atoms with Gasteiger partial charge >= 0.3 is 5.97 Å². The molecule has 6 heteroatoms. The molecule has 0 bridgehead atoms. The monoisotopic (exact) mass is 269 g/mol. The van der Waals surface area contributed by atoms with E-state index in [2.05, 4.69) is 0 Å². The van der Waals surface area contributed by atoms with Crippen LogP contribution in [0.5, 0.6) is 0 Å². The fourth-order valence-electron chi connectivity index (χ4n) is 1.78. The van der Waals surface area contributed by atoms with Crippen molar-refractivity contribution in [2.24, 2.45) is 11.3 Å². The number of rotatable bonds is 5. The van der Waals surface area contributed by atoms with Gasteiger partial charge < -0.3 is 4.74 Å². The van der Waals surface area contributed by atoms with Crippen molar-refractivity contribution in [3.63, 3.8) is 0 Å². The Kier molecular flexibility index (Phi) is 4.44. The molecule has 1 rings (SSSR count). The van der Waals surface area contributed by atoms with Crippen LogP contribution in [0.25, 0.3) is 0 Å². The number of imide groups is 1. The van der Waals surface area contributed by atoms with Crippen LogP contribution in [-0.2, 0) is 23.9 Å². The normalized spacial score (nSPS) is 19.8. The van der Waals surface area contributed by atoms with Gasteiger partial charge in [-0.3, -0.25) is 24.1 Å². The van der Waals surface area contributed by atoms with E-state index in [1.54, 1.807) is 13.8 Å². The van der Waals surface area contributed by atoms with Gasteiger partial charge in [-0.2, -0.15) is 0 Å². The standard InChI is InChI=1S/C13H19NO5/c1-5-19-12(18)13(3,4)9(15)7-14-10(16)6-8(2)11(14)17/h8H,5-7H2,1-4H3. The van der Waals surface area contributed by atoms with E-state index < -0.39 is 23.1 Å². The van der Waals surface area contributed by atoms with E-state index in [4.69, 9.17) is 4.74 Å². The van der Waals surface area contributed by atoms with E-state index in [1.807, 2.05) is 0 Å². The minimum atomic E-state index is -1.36. The first-order chi connectivity index (χ1) is 8.71. The summed E-state index contributed by atoms with van der Waals surface area (Å²) >= 11 is 0. The van der Waals surface area contributed by atoms with Crippen LogP contribution in [0.1, 0.15) is 34.1 Å². The largest absolute Gasteiger partial charge is 0.465 e. The molecule has 1 heterocycles. The summed E-state index contributed by atoms with van der Waals surface area (Å²) < 4.78 is 4.82. The van der Waals surface area contributed by atoms with Crippen molar-refractivity contribution in [2.45, 2.75) is 34.1 Å². The summed E-state index contributed by atoms with van der Waals surface area (Å²) in [4.78, 5) is 48.0. The molecule has 1 unspecified atom stereocenters. The molecule has 0 aliphatic carbocycles. The summed E-state index contributed by atoms with van der Waals surface area (Å²) in [7, 11) is 0. The van der Waals surface area contributed by atoms with Crippen LogP contribution in [0.3, 0.4) is 0 Å². The second kappa shape index (κ2) is 5.50. The number of likely N-dealkylation sites (tertiary alicyclic amines) is 1. The maximum absolute atomic E-state index is 12.1. The van der Waals surface area contributed by atoms with Gasteiger partial charge in [-0.15, -0.1) is 0 Å². The lowest BCUT2D eigenvalue weighted by Gasteiger charge is -2.23. The lowest BCUT2D eigenvalue weighted by molar-refractivity contribution is -0.160. The summed E-state index contributed by atoms with van der Waals surface area (Å²) in [5.41, 5.74) is -1.36. The molecule has 0 radical (unpaired) electrons. The number of ketones is 1. The number of hydrogen-bond acceptors (Lipinski definition) is 5. The second-order valence-corrected chi connectivity index (χ2v) is 5.19. The lowest BCUT2D eigenvalue weighted by Crippen LogP contribution is -2.44. The number of carbonyl (C=O) groups is 4. The molecule has 0 aromatic heterocycles. The van der Waals surface area contributed by atoms with Crippen molar-refractivity contribution < 1.29 is 23.9 Å². The summed E-state index contributed by atoms with van der Waals surface area (Å²) in [5.74, 6) is -2.27. The molecule has 1 atom stereocenters. The average Bonchev–Trinajstić information content (AvgIpc) is 2.56. The van der Waals surface area contributed by atoms with E-state index in [-0.39, 0.29) is 31.4 Å². The number of Topliss-reactive ketones (excluding diaryl/α,β-unsaturated/α-hetero) is 1. The van der Waals surface area contributed by atoms with Gasteiger partial charge in [-0.25, -0.2) is 0 Å². The molecule has 2 amide bonds. The zero-order chi connectivity index (χ0) is 14.8. The molecule has 0 aromatic rings. The molecular weight excluding hydrogens is 250 g/mol. The smallest absolute Gasteiger partial charge is 0.319 e. The third-order valence-corrected chi connectivity index (χ3v) is 3.25. The van der Waals surface area contributed by atoms with Crippen molar-refractivity contribution in [3.8, 4) is 0 Å². The highest BCUT2D eigenvalue weighted by atomic mass is 16.5. The van der Waals surface area contributed by atoms with Crippen LogP contribution in [0.15, 0.2) is 0 Å². The zero-order valence-electron chi connectivity index (χ0n) is 11.7. The van der Waals surface area contributed by atoms with Crippen LogP contribution in [-0.4, -0.2) is 41.6 Å². The van der Waals surface area contributed by atoms with Crippen molar-refractivity contribution in [1.29, 1.82) is 0 Å². The van der Waals surface area contributed by atoms with Gasteiger partial charge in [0.25, 0.3) is 0 Å². The first-order valence-electron chi connectivity index (χ1n) is 6.26. The molecular formula is C13H19NO5. The second-order valence-electron chi connectivity index (χ2n) is 5.19. The summed E-state index contributed by atoms with van der Waals surface area (Å²) in [6, 6.07) is 0. The summed E-state index contributed by atoms with van der Waals surface area (Å²) in [6.45, 7) is 5.96. The molecule has 19 heavy (non-hydrogen) atoms. The molecule has 0 N–H and O–H groups in total. The van der Waals surface area contributed by atoms with Gasteiger partial charge in [0.2, 0.25) is 11.8 Å². The molecule has 1 saturated heterocycles. The van der Waals surface area contributed by atoms with Crippen LogP contribution in [0.4, 0.5) is 0 Å². The Morgan fingerprint density at radius 2 is 1.95 bits per heavy atom. The van der Waals surface area contributed by atoms with E-state index in [9.17, 15) is 19.2 Å². The van der Waals surface area contributed by atoms with Gasteiger partial charge in [-0.1, -0.05) is 6.92 Å². The Morgan fingerprint density at radius 3 is 2.37 bits per heavy atom. The lowest BCUT2D eigenvalue weighted by atomic mass is 9.88. The molecule has 1 aliphatic heterocycles. The fraction of sp³-hybridized carbons (Fsp3) is 0.692. The highest BCUT2D eigenvalue weighted by molar-refractivity contribution is 6.10. The molecule has 106 valence electrons. The van der Waals surface area contributed by atoms with Gasteiger partial charge in [0.05, 0.1) is 13.2 Å². The predicted molar refractivity (Wildman–Crippen MR) is 65.9 cm³/mol. The number of hydrogen-bond donors (Lipinski definition) is 0. The minimum Gasteiger partial charge on any atom is -0.465 e. The van der Waals surface area contributed by atoms with Gasteiger partial charge in [0.1, 0.15) is 5.41 Å². The van der Waals surface area contributed by atoms with Crippen molar-refractivity contribution in [1.82, 2.24) is 4.90 Å². The Balaban J connectivity index is 2.77.